The van der Waals surface area contributed by atoms with Gasteiger partial charge in [-0.3, -0.25) is 9.59 Å². The maximum atomic E-state index is 13.4. The Morgan fingerprint density at radius 3 is 2.85 bits per heavy atom. The third kappa shape index (κ3) is 3.29. The van der Waals surface area contributed by atoms with E-state index < -0.39 is 0 Å². The smallest absolute Gasteiger partial charge is 0.285 e. The van der Waals surface area contributed by atoms with Gasteiger partial charge < -0.3 is 16.0 Å². The van der Waals surface area contributed by atoms with Gasteiger partial charge in [0, 0.05) is 31.9 Å². The topological polar surface area (TPSA) is 136 Å². The van der Waals surface area contributed by atoms with Crippen LogP contribution in [0.15, 0.2) is 46.6 Å². The second-order valence-electron chi connectivity index (χ2n) is 7.86. The minimum atomic E-state index is -0.319. The van der Waals surface area contributed by atoms with Gasteiger partial charge in [-0.2, -0.15) is 4.98 Å². The molecule has 2 aliphatic heterocycles. The highest BCUT2D eigenvalue weighted by molar-refractivity contribution is 7.99. The average molecular weight is 496 g/mol. The highest BCUT2D eigenvalue weighted by Gasteiger charge is 2.37. The average Bonchev–Trinajstić information content (AvgIpc) is 3.18. The van der Waals surface area contributed by atoms with Gasteiger partial charge in [0.15, 0.2) is 5.16 Å². The number of nitrogens with one attached hydrogen (secondary N) is 1. The highest BCUT2D eigenvalue weighted by Crippen LogP contribution is 2.39. The van der Waals surface area contributed by atoms with Crippen LogP contribution in [-0.4, -0.2) is 53.5 Å². The molecule has 0 aromatic carbocycles. The number of anilines is 2. The van der Waals surface area contributed by atoms with E-state index in [0.717, 1.165) is 6.42 Å². The van der Waals surface area contributed by atoms with Crippen molar-refractivity contribution in [2.45, 2.75) is 23.4 Å². The lowest BCUT2D eigenvalue weighted by Crippen LogP contribution is -2.48. The fraction of sp³-hybridized carbons (Fsp3) is 0.238. The summed E-state index contributed by atoms with van der Waals surface area (Å²) in [4.78, 5) is 41.0. The van der Waals surface area contributed by atoms with Crippen LogP contribution >= 0.6 is 23.4 Å². The quantitative estimate of drug-likeness (QED) is 0.431. The second kappa shape index (κ2) is 7.99. The summed E-state index contributed by atoms with van der Waals surface area (Å²) in [5.74, 6) is 0.862. The van der Waals surface area contributed by atoms with Gasteiger partial charge in [-0.25, -0.2) is 19.1 Å². The van der Waals surface area contributed by atoms with Crippen LogP contribution in [0.25, 0.3) is 11.3 Å². The van der Waals surface area contributed by atoms with Gasteiger partial charge in [0.1, 0.15) is 22.7 Å². The number of nitrogens with two attached hydrogens (primary N) is 1. The minimum Gasteiger partial charge on any atom is -0.368 e. The van der Waals surface area contributed by atoms with Gasteiger partial charge in [-0.15, -0.1) is 5.10 Å². The first-order valence-electron chi connectivity index (χ1n) is 10.6. The van der Waals surface area contributed by atoms with Gasteiger partial charge in [0.25, 0.3) is 11.5 Å². The molecule has 1 fully saturated rings. The van der Waals surface area contributed by atoms with E-state index in [9.17, 15) is 9.59 Å². The van der Waals surface area contributed by atoms with Crippen LogP contribution in [0.3, 0.4) is 0 Å². The van der Waals surface area contributed by atoms with E-state index in [0.29, 0.717) is 52.6 Å². The molecule has 1 saturated heterocycles. The predicted molar refractivity (Wildman–Crippen MR) is 128 cm³/mol. The van der Waals surface area contributed by atoms with E-state index >= 15 is 0 Å². The third-order valence-corrected chi connectivity index (χ3v) is 7.36. The Morgan fingerprint density at radius 1 is 1.21 bits per heavy atom. The molecule has 1 unspecified atom stereocenters. The summed E-state index contributed by atoms with van der Waals surface area (Å²) in [5, 5.41) is 8.14. The van der Waals surface area contributed by atoms with Gasteiger partial charge in [0.2, 0.25) is 5.95 Å². The van der Waals surface area contributed by atoms with Crippen LogP contribution in [0.5, 0.6) is 0 Å². The molecule has 2 aliphatic rings. The van der Waals surface area contributed by atoms with Crippen LogP contribution in [0.4, 0.5) is 11.8 Å². The fourth-order valence-electron chi connectivity index (χ4n) is 4.14. The van der Waals surface area contributed by atoms with Gasteiger partial charge in [0.05, 0.1) is 16.1 Å². The van der Waals surface area contributed by atoms with Crippen LogP contribution in [0, 0.1) is 0 Å². The van der Waals surface area contributed by atoms with Crippen molar-refractivity contribution >= 4 is 46.6 Å². The van der Waals surface area contributed by atoms with E-state index in [1.165, 1.54) is 20.8 Å². The normalized spacial score (nSPS) is 17.4. The summed E-state index contributed by atoms with van der Waals surface area (Å²) >= 11 is 7.65. The molecule has 11 nitrogen and oxygen atoms in total. The number of aromatic nitrogens is 6. The number of fused-ring (bicyclic) bond motifs is 2. The molecule has 4 aromatic rings. The lowest BCUT2D eigenvalue weighted by Gasteiger charge is -2.42. The highest BCUT2D eigenvalue weighted by atomic mass is 35.5. The summed E-state index contributed by atoms with van der Waals surface area (Å²) in [6, 6.07) is 6.95. The zero-order valence-corrected chi connectivity index (χ0v) is 19.3. The van der Waals surface area contributed by atoms with Crippen molar-refractivity contribution in [1.29, 1.82) is 0 Å². The Balaban J connectivity index is 1.43. The lowest BCUT2D eigenvalue weighted by molar-refractivity contribution is 0.0945. The van der Waals surface area contributed by atoms with Crippen molar-refractivity contribution < 1.29 is 4.79 Å². The fourth-order valence-corrected chi connectivity index (χ4v) is 5.58. The molecular formula is C21H18ClN9O2S. The van der Waals surface area contributed by atoms with E-state index in [2.05, 4.69) is 25.4 Å². The van der Waals surface area contributed by atoms with Gasteiger partial charge >= 0.3 is 0 Å². The third-order valence-electron chi connectivity index (χ3n) is 5.82. The molecule has 1 amide bonds. The first-order valence-corrected chi connectivity index (χ1v) is 11.9. The Bertz CT molecular complexity index is 1500. The molecule has 6 heterocycles. The number of hydrogen-bond donors (Lipinski definition) is 2. The molecule has 34 heavy (non-hydrogen) atoms. The Labute approximate surface area is 202 Å². The van der Waals surface area contributed by atoms with Gasteiger partial charge in [-0.05, 0) is 24.6 Å². The van der Waals surface area contributed by atoms with E-state index in [4.69, 9.17) is 17.3 Å². The first kappa shape index (κ1) is 20.9. The van der Waals surface area contributed by atoms with Crippen molar-refractivity contribution in [3.63, 3.8) is 0 Å². The largest absolute Gasteiger partial charge is 0.368 e. The van der Waals surface area contributed by atoms with Crippen LogP contribution in [-0.2, 0) is 6.42 Å². The van der Waals surface area contributed by atoms with Crippen LogP contribution in [0.2, 0.25) is 5.02 Å². The Kier molecular flexibility index (Phi) is 4.92. The number of carbonyl (C=O) groups excluding carboxylic acids is 1. The van der Waals surface area contributed by atoms with E-state index in [1.54, 1.807) is 36.7 Å². The number of nitrogens with zero attached hydrogens (tertiary/aromatic N) is 7. The molecular weight excluding hydrogens is 478 g/mol. The lowest BCUT2D eigenvalue weighted by atomic mass is 10.0. The molecule has 4 aromatic heterocycles. The van der Waals surface area contributed by atoms with E-state index in [-0.39, 0.29) is 28.3 Å². The van der Waals surface area contributed by atoms with Crippen LogP contribution < -0.4 is 21.5 Å². The Morgan fingerprint density at radius 2 is 2.09 bits per heavy atom. The number of carbonyl (C=O) groups is 1. The number of pyridine rings is 1. The summed E-state index contributed by atoms with van der Waals surface area (Å²) in [6.45, 7) is 1.19. The predicted octanol–water partition coefficient (Wildman–Crippen LogP) is 1.52. The van der Waals surface area contributed by atoms with Crippen molar-refractivity contribution in [3.05, 3.63) is 63.3 Å². The molecule has 3 N–H and O–H groups in total. The maximum absolute atomic E-state index is 13.4. The Hall–Kier alpha value is -3.64. The van der Waals surface area contributed by atoms with Crippen molar-refractivity contribution in [2.24, 2.45) is 0 Å². The first-order chi connectivity index (χ1) is 16.5. The summed E-state index contributed by atoms with van der Waals surface area (Å²) in [5.41, 5.74) is 7.01. The summed E-state index contributed by atoms with van der Waals surface area (Å²) < 4.78 is 2.94. The standard InChI is InChI=1S/C21H18ClN9O2S/c22-11-5-10-30-16(11)19(33)31(13-3-1-2-7-24-13)21(28-30)34-14-6-9-29(14)17-15-12(26-20(23)27-17)4-8-25-18(15)32/h1-3,5,7,10,14H,4,6,8-9H2,(H,25,32)(H2,23,26,27). The number of halogens is 1. The maximum Gasteiger partial charge on any atom is 0.285 e. The van der Waals surface area contributed by atoms with Gasteiger partial charge in [-0.1, -0.05) is 29.4 Å². The van der Waals surface area contributed by atoms with E-state index in [1.807, 2.05) is 4.90 Å². The number of nitrogen functional groups attached to an aromatic ring is 1. The summed E-state index contributed by atoms with van der Waals surface area (Å²) in [6.07, 6.45) is 4.66. The van der Waals surface area contributed by atoms with Crippen LogP contribution in [0.1, 0.15) is 22.5 Å². The molecule has 0 spiro atoms. The molecule has 0 radical (unpaired) electrons. The van der Waals surface area contributed by atoms with Crippen molar-refractivity contribution in [2.75, 3.05) is 23.7 Å². The zero-order chi connectivity index (χ0) is 23.4. The monoisotopic (exact) mass is 495 g/mol. The second-order valence-corrected chi connectivity index (χ2v) is 9.41. The molecule has 13 heteroatoms. The number of rotatable bonds is 4. The number of hydrogen-bond acceptors (Lipinski definition) is 9. The molecule has 0 bridgehead atoms. The molecule has 0 aliphatic carbocycles. The zero-order valence-electron chi connectivity index (χ0n) is 17.7. The summed E-state index contributed by atoms with van der Waals surface area (Å²) in [7, 11) is 0. The molecule has 6 rings (SSSR count). The molecule has 172 valence electrons. The number of thioether (sulfide) groups is 1. The van der Waals surface area contributed by atoms with Crippen molar-refractivity contribution in [1.82, 2.24) is 34.4 Å². The molecule has 1 atom stereocenters. The SMILES string of the molecule is Nc1nc2c(c(N3CCC3Sc3nn4ccc(Cl)c4c(=O)n3-c3ccccn3)n1)C(=O)NCC2. The number of amides is 1. The van der Waals surface area contributed by atoms with Crippen molar-refractivity contribution in [3.8, 4) is 5.82 Å². The molecule has 0 saturated carbocycles. The minimum absolute atomic E-state index is 0.126.